The normalized spacial score (nSPS) is 28.8. The molecule has 0 spiro atoms. The summed E-state index contributed by atoms with van der Waals surface area (Å²) in [4.78, 5) is 12.5. The molecule has 4 heteroatoms. The van der Waals surface area contributed by atoms with Crippen molar-refractivity contribution >= 4 is 5.91 Å². The Labute approximate surface area is 127 Å². The van der Waals surface area contributed by atoms with Crippen LogP contribution in [-0.2, 0) is 6.54 Å². The third-order valence-electron chi connectivity index (χ3n) is 5.58. The summed E-state index contributed by atoms with van der Waals surface area (Å²) in [5, 5.41) is 7.55. The standard InChI is InChI=1S/C17H27N3O/c1-4-7-20-12(3)16(10-18-20)17(21)19-11(2)15-9-13-5-6-14(15)8-13/h10-11,13-15H,4-9H2,1-3H3,(H,19,21)/t11-,13+,14+,15-/m0/s1. The highest BCUT2D eigenvalue weighted by Crippen LogP contribution is 2.49. The van der Waals surface area contributed by atoms with E-state index in [1.54, 1.807) is 6.20 Å². The highest BCUT2D eigenvalue weighted by Gasteiger charge is 2.42. The zero-order valence-electron chi connectivity index (χ0n) is 13.4. The van der Waals surface area contributed by atoms with Gasteiger partial charge in [-0.05, 0) is 57.3 Å². The molecule has 2 aliphatic carbocycles. The average Bonchev–Trinajstić information content (AvgIpc) is 3.15. The van der Waals surface area contributed by atoms with Crippen LogP contribution in [-0.4, -0.2) is 21.7 Å². The van der Waals surface area contributed by atoms with Gasteiger partial charge in [-0.1, -0.05) is 13.3 Å². The molecule has 1 aromatic rings. The molecule has 2 fully saturated rings. The van der Waals surface area contributed by atoms with Crippen molar-refractivity contribution in [2.75, 3.05) is 0 Å². The maximum absolute atomic E-state index is 12.5. The summed E-state index contributed by atoms with van der Waals surface area (Å²) < 4.78 is 1.93. The average molecular weight is 289 g/mol. The molecule has 0 radical (unpaired) electrons. The molecule has 1 heterocycles. The van der Waals surface area contributed by atoms with Crippen molar-refractivity contribution in [3.05, 3.63) is 17.5 Å². The molecule has 3 rings (SSSR count). The van der Waals surface area contributed by atoms with Crippen molar-refractivity contribution < 1.29 is 4.79 Å². The number of aryl methyl sites for hydroxylation is 1. The van der Waals surface area contributed by atoms with E-state index < -0.39 is 0 Å². The molecule has 0 unspecified atom stereocenters. The van der Waals surface area contributed by atoms with E-state index in [2.05, 4.69) is 24.3 Å². The van der Waals surface area contributed by atoms with Crippen molar-refractivity contribution in [1.82, 2.24) is 15.1 Å². The summed E-state index contributed by atoms with van der Waals surface area (Å²) in [7, 11) is 0. The molecular formula is C17H27N3O. The lowest BCUT2D eigenvalue weighted by Gasteiger charge is -2.28. The summed E-state index contributed by atoms with van der Waals surface area (Å²) in [6.45, 7) is 7.16. The first-order chi connectivity index (χ1) is 10.1. The van der Waals surface area contributed by atoms with Gasteiger partial charge in [0.2, 0.25) is 0 Å². The van der Waals surface area contributed by atoms with Gasteiger partial charge < -0.3 is 5.32 Å². The monoisotopic (exact) mass is 289 g/mol. The Morgan fingerprint density at radius 3 is 2.90 bits per heavy atom. The topological polar surface area (TPSA) is 46.9 Å². The molecule has 116 valence electrons. The Bertz CT molecular complexity index is 522. The minimum atomic E-state index is 0.0464. The lowest BCUT2D eigenvalue weighted by molar-refractivity contribution is 0.0914. The molecular weight excluding hydrogens is 262 g/mol. The molecule has 2 saturated carbocycles. The van der Waals surface area contributed by atoms with Crippen LogP contribution in [0.3, 0.4) is 0 Å². The van der Waals surface area contributed by atoms with E-state index in [1.165, 1.54) is 25.7 Å². The van der Waals surface area contributed by atoms with Crippen LogP contribution in [0.5, 0.6) is 0 Å². The number of hydrogen-bond acceptors (Lipinski definition) is 2. The zero-order chi connectivity index (χ0) is 15.0. The van der Waals surface area contributed by atoms with Gasteiger partial charge >= 0.3 is 0 Å². The number of nitrogens with one attached hydrogen (secondary N) is 1. The third-order valence-corrected chi connectivity index (χ3v) is 5.58. The third kappa shape index (κ3) is 2.72. The van der Waals surface area contributed by atoms with Crippen LogP contribution < -0.4 is 5.32 Å². The largest absolute Gasteiger partial charge is 0.349 e. The molecule has 2 bridgehead atoms. The van der Waals surface area contributed by atoms with Crippen molar-refractivity contribution in [2.24, 2.45) is 17.8 Å². The highest BCUT2D eigenvalue weighted by atomic mass is 16.1. The first-order valence-corrected chi connectivity index (χ1v) is 8.43. The van der Waals surface area contributed by atoms with E-state index in [-0.39, 0.29) is 11.9 Å². The number of nitrogens with zero attached hydrogens (tertiary/aromatic N) is 2. The predicted molar refractivity (Wildman–Crippen MR) is 83.1 cm³/mol. The van der Waals surface area contributed by atoms with Crippen LogP contribution in [0.2, 0.25) is 0 Å². The summed E-state index contributed by atoms with van der Waals surface area (Å²) in [6.07, 6.45) is 8.21. The van der Waals surface area contributed by atoms with Gasteiger partial charge in [-0.2, -0.15) is 5.10 Å². The molecule has 0 aromatic carbocycles. The Kier molecular flexibility index (Phi) is 4.05. The molecule has 4 atom stereocenters. The van der Waals surface area contributed by atoms with Crippen LogP contribution in [0.25, 0.3) is 0 Å². The van der Waals surface area contributed by atoms with E-state index in [9.17, 15) is 4.79 Å². The first-order valence-electron chi connectivity index (χ1n) is 8.43. The van der Waals surface area contributed by atoms with Gasteiger partial charge in [0.15, 0.2) is 0 Å². The van der Waals surface area contributed by atoms with Gasteiger partial charge in [0.25, 0.3) is 5.91 Å². The Morgan fingerprint density at radius 1 is 1.48 bits per heavy atom. The molecule has 1 aromatic heterocycles. The number of rotatable bonds is 5. The smallest absolute Gasteiger partial charge is 0.254 e. The highest BCUT2D eigenvalue weighted by molar-refractivity contribution is 5.95. The van der Waals surface area contributed by atoms with E-state index in [1.807, 2.05) is 11.6 Å². The van der Waals surface area contributed by atoms with Crippen molar-refractivity contribution in [2.45, 2.75) is 65.5 Å². The van der Waals surface area contributed by atoms with Crippen LogP contribution >= 0.6 is 0 Å². The molecule has 2 aliphatic rings. The van der Waals surface area contributed by atoms with Crippen molar-refractivity contribution in [3.63, 3.8) is 0 Å². The number of aromatic nitrogens is 2. The second kappa shape index (κ2) is 5.82. The first kappa shape index (κ1) is 14.6. The lowest BCUT2D eigenvalue weighted by atomic mass is 9.84. The Morgan fingerprint density at radius 2 is 2.29 bits per heavy atom. The quantitative estimate of drug-likeness (QED) is 0.905. The summed E-state index contributed by atoms with van der Waals surface area (Å²) in [6, 6.07) is 0.279. The van der Waals surface area contributed by atoms with Gasteiger partial charge in [-0.15, -0.1) is 0 Å². The fourth-order valence-electron chi connectivity index (χ4n) is 4.40. The molecule has 1 N–H and O–H groups in total. The van der Waals surface area contributed by atoms with Crippen molar-refractivity contribution in [1.29, 1.82) is 0 Å². The van der Waals surface area contributed by atoms with E-state index >= 15 is 0 Å². The summed E-state index contributed by atoms with van der Waals surface area (Å²) in [5.74, 6) is 2.49. The molecule has 4 nitrogen and oxygen atoms in total. The van der Waals surface area contributed by atoms with Gasteiger partial charge in [0, 0.05) is 18.3 Å². The Hall–Kier alpha value is -1.32. The number of carbonyl (C=O) groups excluding carboxylic acids is 1. The van der Waals surface area contributed by atoms with Crippen molar-refractivity contribution in [3.8, 4) is 0 Å². The molecule has 21 heavy (non-hydrogen) atoms. The van der Waals surface area contributed by atoms with Crippen LogP contribution in [0.4, 0.5) is 0 Å². The van der Waals surface area contributed by atoms with Gasteiger partial charge in [-0.25, -0.2) is 0 Å². The molecule has 0 saturated heterocycles. The number of hydrogen-bond donors (Lipinski definition) is 1. The fraction of sp³-hybridized carbons (Fsp3) is 0.765. The Balaban J connectivity index is 1.63. The predicted octanol–water partition coefficient (Wildman–Crippen LogP) is 3.16. The maximum Gasteiger partial charge on any atom is 0.254 e. The van der Waals surface area contributed by atoms with Gasteiger partial charge in [0.05, 0.1) is 11.8 Å². The SMILES string of the molecule is CCCn1ncc(C(=O)N[C@@H](C)[C@@H]2C[C@@H]3CC[C@@H]2C3)c1C. The van der Waals surface area contributed by atoms with E-state index in [0.717, 1.165) is 36.1 Å². The number of carbonyl (C=O) groups is 1. The second-order valence-corrected chi connectivity index (χ2v) is 6.97. The summed E-state index contributed by atoms with van der Waals surface area (Å²) >= 11 is 0. The minimum Gasteiger partial charge on any atom is -0.349 e. The van der Waals surface area contributed by atoms with E-state index in [4.69, 9.17) is 0 Å². The molecule has 0 aliphatic heterocycles. The lowest BCUT2D eigenvalue weighted by Crippen LogP contribution is -2.40. The van der Waals surface area contributed by atoms with Gasteiger partial charge in [-0.3, -0.25) is 9.48 Å². The molecule has 1 amide bonds. The fourth-order valence-corrected chi connectivity index (χ4v) is 4.40. The van der Waals surface area contributed by atoms with Gasteiger partial charge in [0.1, 0.15) is 0 Å². The zero-order valence-corrected chi connectivity index (χ0v) is 13.4. The number of fused-ring (bicyclic) bond motifs is 2. The second-order valence-electron chi connectivity index (χ2n) is 6.97. The summed E-state index contributed by atoms with van der Waals surface area (Å²) in [5.41, 5.74) is 1.72. The number of amides is 1. The minimum absolute atomic E-state index is 0.0464. The van der Waals surface area contributed by atoms with E-state index in [0.29, 0.717) is 5.92 Å². The van der Waals surface area contributed by atoms with Crippen LogP contribution in [0.1, 0.15) is 62.0 Å². The van der Waals surface area contributed by atoms with Crippen LogP contribution in [0.15, 0.2) is 6.20 Å². The van der Waals surface area contributed by atoms with Crippen LogP contribution in [0, 0.1) is 24.7 Å². The maximum atomic E-state index is 12.5.